The molecule has 1 aromatic heterocycles. The Morgan fingerprint density at radius 2 is 1.86 bits per heavy atom. The van der Waals surface area contributed by atoms with Gasteiger partial charge in [-0.2, -0.15) is 0 Å². The number of aryl methyl sites for hydroxylation is 1. The number of aromatic nitrogens is 2. The second kappa shape index (κ2) is 4.52. The van der Waals surface area contributed by atoms with Crippen LogP contribution in [0, 0.1) is 5.82 Å². The van der Waals surface area contributed by atoms with Gasteiger partial charge >= 0.3 is 0 Å². The number of benzene rings is 2. The van der Waals surface area contributed by atoms with E-state index in [0.717, 1.165) is 41.5 Å². The fourth-order valence-electron chi connectivity index (χ4n) is 3.04. The molecular weight excluding hydrogens is 267 g/mol. The summed E-state index contributed by atoms with van der Waals surface area (Å²) in [5.41, 5.74) is 2.37. The van der Waals surface area contributed by atoms with Crippen LogP contribution < -0.4 is 5.56 Å². The number of fused-ring (bicyclic) bond motifs is 2. The number of hydrogen-bond acceptors (Lipinski definition) is 2. The molecule has 3 aromatic rings. The number of aromatic amines is 1. The van der Waals surface area contributed by atoms with Crippen LogP contribution in [0.1, 0.15) is 17.7 Å². The first-order chi connectivity index (χ1) is 10.2. The van der Waals surface area contributed by atoms with Crippen molar-refractivity contribution in [3.05, 3.63) is 63.8 Å². The lowest BCUT2D eigenvalue weighted by atomic mass is 10.0. The van der Waals surface area contributed by atoms with E-state index in [9.17, 15) is 9.18 Å². The highest BCUT2D eigenvalue weighted by Crippen LogP contribution is 2.28. The number of nitrogens with one attached hydrogen (secondary N) is 1. The van der Waals surface area contributed by atoms with Crippen molar-refractivity contribution in [3.8, 4) is 11.4 Å². The van der Waals surface area contributed by atoms with Crippen LogP contribution in [0.25, 0.3) is 22.2 Å². The summed E-state index contributed by atoms with van der Waals surface area (Å²) in [6.07, 6.45) is 2.60. The van der Waals surface area contributed by atoms with Gasteiger partial charge in [0.1, 0.15) is 11.6 Å². The minimum absolute atomic E-state index is 0.0686. The molecule has 4 heteroatoms. The molecule has 0 atom stereocenters. The largest absolute Gasteiger partial charge is 0.306 e. The van der Waals surface area contributed by atoms with Crippen molar-refractivity contribution in [3.63, 3.8) is 0 Å². The molecule has 0 fully saturated rings. The van der Waals surface area contributed by atoms with Crippen molar-refractivity contribution < 1.29 is 4.39 Å². The Morgan fingerprint density at radius 1 is 1.05 bits per heavy atom. The Hall–Kier alpha value is -2.49. The first-order valence-electron chi connectivity index (χ1n) is 7.04. The molecule has 0 saturated heterocycles. The fourth-order valence-corrected chi connectivity index (χ4v) is 3.04. The molecule has 1 aliphatic rings. The summed E-state index contributed by atoms with van der Waals surface area (Å²) >= 11 is 0. The van der Waals surface area contributed by atoms with Crippen LogP contribution in [-0.4, -0.2) is 9.97 Å². The zero-order valence-electron chi connectivity index (χ0n) is 11.3. The van der Waals surface area contributed by atoms with Gasteiger partial charge in [-0.15, -0.1) is 0 Å². The molecule has 0 saturated carbocycles. The van der Waals surface area contributed by atoms with E-state index in [4.69, 9.17) is 0 Å². The molecule has 0 spiro atoms. The maximum absolute atomic E-state index is 13.9. The molecule has 0 amide bonds. The first-order valence-corrected chi connectivity index (χ1v) is 7.04. The maximum atomic E-state index is 13.9. The highest BCUT2D eigenvalue weighted by molar-refractivity contribution is 5.95. The Kier molecular flexibility index (Phi) is 2.64. The number of hydrogen-bond donors (Lipinski definition) is 1. The summed E-state index contributed by atoms with van der Waals surface area (Å²) in [5.74, 6) is 0.259. The molecule has 1 N–H and O–H groups in total. The Bertz CT molecular complexity index is 914. The quantitative estimate of drug-likeness (QED) is 0.744. The van der Waals surface area contributed by atoms with Gasteiger partial charge in [0.2, 0.25) is 0 Å². The fraction of sp³-hybridized carbons (Fsp3) is 0.176. The minimum atomic E-state index is -0.266. The predicted molar refractivity (Wildman–Crippen MR) is 79.8 cm³/mol. The second-order valence-corrected chi connectivity index (χ2v) is 5.33. The van der Waals surface area contributed by atoms with E-state index >= 15 is 0 Å². The third-order valence-corrected chi connectivity index (χ3v) is 4.07. The summed E-state index contributed by atoms with van der Waals surface area (Å²) in [4.78, 5) is 19.6. The topological polar surface area (TPSA) is 45.8 Å². The van der Waals surface area contributed by atoms with E-state index in [1.807, 2.05) is 12.1 Å². The van der Waals surface area contributed by atoms with Crippen LogP contribution >= 0.6 is 0 Å². The average molecular weight is 280 g/mol. The summed E-state index contributed by atoms with van der Waals surface area (Å²) in [6.45, 7) is 0. The normalized spacial score (nSPS) is 13.6. The SMILES string of the molecule is O=c1[nH]c(-c2ccc(F)c3ccccc23)nc2c1CCC2. The monoisotopic (exact) mass is 280 g/mol. The number of H-pyrrole nitrogens is 1. The van der Waals surface area contributed by atoms with Crippen LogP contribution in [0.15, 0.2) is 41.2 Å². The van der Waals surface area contributed by atoms with Crippen molar-refractivity contribution in [2.75, 3.05) is 0 Å². The summed E-state index contributed by atoms with van der Waals surface area (Å²) < 4.78 is 13.9. The molecule has 3 nitrogen and oxygen atoms in total. The van der Waals surface area contributed by atoms with E-state index in [2.05, 4.69) is 9.97 Å². The summed E-state index contributed by atoms with van der Waals surface area (Å²) in [7, 11) is 0. The van der Waals surface area contributed by atoms with Crippen LogP contribution in [0.5, 0.6) is 0 Å². The summed E-state index contributed by atoms with van der Waals surface area (Å²) in [5, 5.41) is 1.30. The first kappa shape index (κ1) is 12.3. The predicted octanol–water partition coefficient (Wildman–Crippen LogP) is 3.22. The zero-order chi connectivity index (χ0) is 14.4. The lowest BCUT2D eigenvalue weighted by Crippen LogP contribution is -2.15. The highest BCUT2D eigenvalue weighted by Gasteiger charge is 2.18. The smallest absolute Gasteiger partial charge is 0.254 e. The molecule has 1 aliphatic carbocycles. The van der Waals surface area contributed by atoms with E-state index < -0.39 is 0 Å². The van der Waals surface area contributed by atoms with Crippen LogP contribution in [-0.2, 0) is 12.8 Å². The maximum Gasteiger partial charge on any atom is 0.254 e. The average Bonchev–Trinajstić information content (AvgIpc) is 2.97. The molecule has 0 aliphatic heterocycles. The van der Waals surface area contributed by atoms with Crippen LogP contribution in [0.2, 0.25) is 0 Å². The molecule has 4 rings (SSSR count). The van der Waals surface area contributed by atoms with Crippen molar-refractivity contribution in [2.45, 2.75) is 19.3 Å². The van der Waals surface area contributed by atoms with Crippen LogP contribution in [0.3, 0.4) is 0 Å². The van der Waals surface area contributed by atoms with Gasteiger partial charge in [0, 0.05) is 16.5 Å². The van der Waals surface area contributed by atoms with Gasteiger partial charge in [0.15, 0.2) is 0 Å². The van der Waals surface area contributed by atoms with Gasteiger partial charge in [-0.3, -0.25) is 4.79 Å². The van der Waals surface area contributed by atoms with E-state index in [1.54, 1.807) is 18.2 Å². The molecule has 1 heterocycles. The van der Waals surface area contributed by atoms with Gasteiger partial charge in [0.25, 0.3) is 5.56 Å². The molecule has 104 valence electrons. The second-order valence-electron chi connectivity index (χ2n) is 5.33. The van der Waals surface area contributed by atoms with Crippen molar-refractivity contribution >= 4 is 10.8 Å². The van der Waals surface area contributed by atoms with Crippen molar-refractivity contribution in [1.29, 1.82) is 0 Å². The lowest BCUT2D eigenvalue weighted by molar-refractivity contribution is 0.640. The zero-order valence-corrected chi connectivity index (χ0v) is 11.3. The number of rotatable bonds is 1. The number of nitrogens with zero attached hydrogens (tertiary/aromatic N) is 1. The molecular formula is C17H13FN2O. The standard InChI is InChI=1S/C17H13FN2O/c18-14-9-8-12(10-4-1-2-5-11(10)14)16-19-15-7-3-6-13(15)17(21)20-16/h1-2,4-5,8-9H,3,6-7H2,(H,19,20,21). The van der Waals surface area contributed by atoms with E-state index in [-0.39, 0.29) is 11.4 Å². The Morgan fingerprint density at radius 3 is 2.71 bits per heavy atom. The minimum Gasteiger partial charge on any atom is -0.306 e. The van der Waals surface area contributed by atoms with Gasteiger partial charge in [-0.1, -0.05) is 24.3 Å². The number of halogens is 1. The summed E-state index contributed by atoms with van der Waals surface area (Å²) in [6, 6.07) is 10.3. The highest BCUT2D eigenvalue weighted by atomic mass is 19.1. The molecule has 21 heavy (non-hydrogen) atoms. The third-order valence-electron chi connectivity index (χ3n) is 4.07. The van der Waals surface area contributed by atoms with Crippen molar-refractivity contribution in [2.24, 2.45) is 0 Å². The van der Waals surface area contributed by atoms with Gasteiger partial charge < -0.3 is 4.98 Å². The third kappa shape index (κ3) is 1.87. The molecule has 0 unspecified atom stereocenters. The van der Waals surface area contributed by atoms with Gasteiger partial charge in [-0.05, 0) is 36.8 Å². The van der Waals surface area contributed by atoms with Gasteiger partial charge in [0.05, 0.1) is 5.69 Å². The lowest BCUT2D eigenvalue weighted by Gasteiger charge is -2.08. The van der Waals surface area contributed by atoms with E-state index in [0.29, 0.717) is 11.2 Å². The Labute approximate surface area is 120 Å². The van der Waals surface area contributed by atoms with Crippen molar-refractivity contribution in [1.82, 2.24) is 9.97 Å². The molecule has 0 bridgehead atoms. The molecule has 2 aromatic carbocycles. The van der Waals surface area contributed by atoms with Gasteiger partial charge in [-0.25, -0.2) is 9.37 Å². The van der Waals surface area contributed by atoms with E-state index in [1.165, 1.54) is 6.07 Å². The molecule has 0 radical (unpaired) electrons. The van der Waals surface area contributed by atoms with Crippen LogP contribution in [0.4, 0.5) is 4.39 Å². The Balaban J connectivity index is 2.02.